The molecule has 2 fully saturated rings. The van der Waals surface area contributed by atoms with Gasteiger partial charge in [-0.25, -0.2) is 4.79 Å². The Morgan fingerprint density at radius 1 is 1.12 bits per heavy atom. The molecule has 134 valence electrons. The third-order valence-electron chi connectivity index (χ3n) is 4.73. The molecule has 0 spiro atoms. The van der Waals surface area contributed by atoms with Crippen molar-refractivity contribution in [2.24, 2.45) is 0 Å². The molecule has 7 nitrogen and oxygen atoms in total. The Morgan fingerprint density at radius 2 is 1.84 bits per heavy atom. The number of amides is 4. The van der Waals surface area contributed by atoms with Crippen LogP contribution in [0.15, 0.2) is 30.3 Å². The zero-order chi connectivity index (χ0) is 17.6. The Labute approximate surface area is 147 Å². The fraction of sp³-hybridized carbons (Fsp3) is 0.500. The van der Waals surface area contributed by atoms with Crippen LogP contribution in [0.3, 0.4) is 0 Å². The van der Waals surface area contributed by atoms with Gasteiger partial charge in [-0.2, -0.15) is 0 Å². The van der Waals surface area contributed by atoms with Gasteiger partial charge in [-0.3, -0.25) is 9.59 Å². The number of hydrogen-bond donors (Lipinski definition) is 3. The van der Waals surface area contributed by atoms with E-state index in [9.17, 15) is 14.4 Å². The standard InChI is InChI=1S/C18H24N4O3/c23-16-7-6-15(21-16)17(24)22-10-8-14(9-11-22)20-18(25)19-12-13-4-2-1-3-5-13/h1-5,14-15H,6-12H2,(H,21,23)(H2,19,20,25). The van der Waals surface area contributed by atoms with Gasteiger partial charge in [0.05, 0.1) is 0 Å². The first-order chi connectivity index (χ1) is 12.1. The average Bonchev–Trinajstić information content (AvgIpc) is 3.07. The largest absolute Gasteiger partial charge is 0.344 e. The maximum atomic E-state index is 12.3. The van der Waals surface area contributed by atoms with Gasteiger partial charge in [-0.15, -0.1) is 0 Å². The Balaban J connectivity index is 1.38. The molecule has 1 atom stereocenters. The smallest absolute Gasteiger partial charge is 0.315 e. The number of hydrogen-bond acceptors (Lipinski definition) is 3. The van der Waals surface area contributed by atoms with Crippen molar-refractivity contribution in [1.29, 1.82) is 0 Å². The molecule has 0 aliphatic carbocycles. The van der Waals surface area contributed by atoms with Gasteiger partial charge < -0.3 is 20.9 Å². The minimum Gasteiger partial charge on any atom is -0.344 e. The lowest BCUT2D eigenvalue weighted by molar-refractivity contribution is -0.135. The van der Waals surface area contributed by atoms with Gasteiger partial charge in [0, 0.05) is 32.1 Å². The van der Waals surface area contributed by atoms with Crippen LogP contribution >= 0.6 is 0 Å². The van der Waals surface area contributed by atoms with Gasteiger partial charge in [0.15, 0.2) is 0 Å². The molecule has 4 amide bonds. The summed E-state index contributed by atoms with van der Waals surface area (Å²) in [6.07, 6.45) is 2.46. The topological polar surface area (TPSA) is 90.5 Å². The SMILES string of the molecule is O=C1CCC(C(=O)N2CCC(NC(=O)NCc3ccccc3)CC2)N1. The van der Waals surface area contributed by atoms with E-state index in [0.29, 0.717) is 32.5 Å². The molecule has 1 aromatic carbocycles. The van der Waals surface area contributed by atoms with E-state index in [0.717, 1.165) is 18.4 Å². The molecule has 2 aliphatic heterocycles. The van der Waals surface area contributed by atoms with Crippen LogP contribution in [-0.2, 0) is 16.1 Å². The molecule has 7 heteroatoms. The van der Waals surface area contributed by atoms with E-state index < -0.39 is 0 Å². The van der Waals surface area contributed by atoms with E-state index >= 15 is 0 Å². The quantitative estimate of drug-likeness (QED) is 0.753. The second kappa shape index (κ2) is 8.00. The maximum Gasteiger partial charge on any atom is 0.315 e. The lowest BCUT2D eigenvalue weighted by Gasteiger charge is -2.33. The molecule has 3 N–H and O–H groups in total. The minimum absolute atomic E-state index is 0.00201. The Morgan fingerprint density at radius 3 is 2.48 bits per heavy atom. The molecular weight excluding hydrogens is 320 g/mol. The van der Waals surface area contributed by atoms with Gasteiger partial charge in [-0.1, -0.05) is 30.3 Å². The van der Waals surface area contributed by atoms with Crippen molar-refractivity contribution < 1.29 is 14.4 Å². The lowest BCUT2D eigenvalue weighted by Crippen LogP contribution is -2.52. The predicted octanol–water partition coefficient (Wildman–Crippen LogP) is 0.755. The summed E-state index contributed by atoms with van der Waals surface area (Å²) in [5, 5.41) is 8.54. The highest BCUT2D eigenvalue weighted by molar-refractivity contribution is 5.90. The number of carbonyl (C=O) groups is 3. The molecule has 0 radical (unpaired) electrons. The summed E-state index contributed by atoms with van der Waals surface area (Å²) in [6, 6.07) is 9.26. The molecule has 1 unspecified atom stereocenters. The molecule has 0 aromatic heterocycles. The molecule has 0 bridgehead atoms. The Bertz CT molecular complexity index is 626. The molecule has 3 rings (SSSR count). The number of nitrogens with zero attached hydrogens (tertiary/aromatic N) is 1. The van der Waals surface area contributed by atoms with E-state index in [4.69, 9.17) is 0 Å². The maximum absolute atomic E-state index is 12.3. The van der Waals surface area contributed by atoms with Crippen LogP contribution in [0.1, 0.15) is 31.2 Å². The Kier molecular flexibility index (Phi) is 5.53. The summed E-state index contributed by atoms with van der Waals surface area (Å²) < 4.78 is 0. The van der Waals surface area contributed by atoms with Crippen LogP contribution in [0, 0.1) is 0 Å². The fourth-order valence-electron chi connectivity index (χ4n) is 3.28. The van der Waals surface area contributed by atoms with Gasteiger partial charge in [0.2, 0.25) is 11.8 Å². The second-order valence-corrected chi connectivity index (χ2v) is 6.57. The van der Waals surface area contributed by atoms with Crippen LogP contribution < -0.4 is 16.0 Å². The molecular formula is C18H24N4O3. The van der Waals surface area contributed by atoms with E-state index in [1.807, 2.05) is 30.3 Å². The van der Waals surface area contributed by atoms with Crippen molar-refractivity contribution in [3.05, 3.63) is 35.9 Å². The molecule has 2 aliphatic rings. The van der Waals surface area contributed by atoms with Crippen LogP contribution in [0.5, 0.6) is 0 Å². The zero-order valence-corrected chi connectivity index (χ0v) is 14.2. The average molecular weight is 344 g/mol. The lowest BCUT2D eigenvalue weighted by atomic mass is 10.0. The number of benzene rings is 1. The van der Waals surface area contributed by atoms with Crippen LogP contribution in [-0.4, -0.2) is 47.9 Å². The van der Waals surface area contributed by atoms with Crippen molar-refractivity contribution in [2.75, 3.05) is 13.1 Å². The monoisotopic (exact) mass is 344 g/mol. The summed E-state index contributed by atoms with van der Waals surface area (Å²) in [4.78, 5) is 37.4. The first kappa shape index (κ1) is 17.3. The second-order valence-electron chi connectivity index (χ2n) is 6.57. The van der Waals surface area contributed by atoms with Crippen molar-refractivity contribution >= 4 is 17.8 Å². The number of piperidine rings is 1. The fourth-order valence-corrected chi connectivity index (χ4v) is 3.28. The summed E-state index contributed by atoms with van der Waals surface area (Å²) >= 11 is 0. The number of nitrogens with one attached hydrogen (secondary N) is 3. The normalized spacial score (nSPS) is 20.9. The number of urea groups is 1. The molecule has 25 heavy (non-hydrogen) atoms. The van der Waals surface area contributed by atoms with Gasteiger partial charge in [0.1, 0.15) is 6.04 Å². The third kappa shape index (κ3) is 4.71. The summed E-state index contributed by atoms with van der Waals surface area (Å²) in [7, 11) is 0. The first-order valence-corrected chi connectivity index (χ1v) is 8.78. The van der Waals surface area contributed by atoms with Crippen LogP contribution in [0.25, 0.3) is 0 Å². The van der Waals surface area contributed by atoms with Gasteiger partial charge >= 0.3 is 6.03 Å². The third-order valence-corrected chi connectivity index (χ3v) is 4.73. The number of likely N-dealkylation sites (tertiary alicyclic amines) is 1. The summed E-state index contributed by atoms with van der Waals surface area (Å²) in [5.74, 6) is -0.0529. The van der Waals surface area contributed by atoms with E-state index in [1.165, 1.54) is 0 Å². The minimum atomic E-state index is -0.369. The van der Waals surface area contributed by atoms with Gasteiger partial charge in [0.25, 0.3) is 0 Å². The summed E-state index contributed by atoms with van der Waals surface area (Å²) in [6.45, 7) is 1.70. The highest BCUT2D eigenvalue weighted by Crippen LogP contribution is 2.15. The Hall–Kier alpha value is -2.57. The van der Waals surface area contributed by atoms with E-state index in [1.54, 1.807) is 4.90 Å². The first-order valence-electron chi connectivity index (χ1n) is 8.78. The van der Waals surface area contributed by atoms with Crippen molar-refractivity contribution in [1.82, 2.24) is 20.9 Å². The predicted molar refractivity (Wildman–Crippen MR) is 92.6 cm³/mol. The number of carbonyl (C=O) groups excluding carboxylic acids is 3. The highest BCUT2D eigenvalue weighted by atomic mass is 16.2. The van der Waals surface area contributed by atoms with Crippen molar-refractivity contribution in [3.8, 4) is 0 Å². The summed E-state index contributed by atoms with van der Waals surface area (Å²) in [5.41, 5.74) is 1.05. The van der Waals surface area contributed by atoms with Crippen LogP contribution in [0.2, 0.25) is 0 Å². The zero-order valence-electron chi connectivity index (χ0n) is 14.2. The molecule has 0 saturated carbocycles. The van der Waals surface area contributed by atoms with Crippen LogP contribution in [0.4, 0.5) is 4.79 Å². The van der Waals surface area contributed by atoms with Gasteiger partial charge in [-0.05, 0) is 24.8 Å². The van der Waals surface area contributed by atoms with Crippen molar-refractivity contribution in [3.63, 3.8) is 0 Å². The molecule has 2 heterocycles. The number of rotatable bonds is 4. The van der Waals surface area contributed by atoms with E-state index in [2.05, 4.69) is 16.0 Å². The van der Waals surface area contributed by atoms with Crippen molar-refractivity contribution in [2.45, 2.75) is 44.3 Å². The molecule has 1 aromatic rings. The highest BCUT2D eigenvalue weighted by Gasteiger charge is 2.32. The van der Waals surface area contributed by atoms with E-state index in [-0.39, 0.29) is 29.9 Å². The molecule has 2 saturated heterocycles.